The van der Waals surface area contributed by atoms with Crippen LogP contribution in [0.3, 0.4) is 0 Å². The van der Waals surface area contributed by atoms with Crippen LogP contribution in [-0.2, 0) is 0 Å². The van der Waals surface area contributed by atoms with E-state index >= 15 is 0 Å². The Hall–Kier alpha value is -1.54. The molecule has 0 radical (unpaired) electrons. The van der Waals surface area contributed by atoms with Crippen LogP contribution in [0, 0.1) is 12.7 Å². The first kappa shape index (κ1) is 12.9. The number of para-hydroxylation sites is 1. The number of rotatable bonds is 3. The smallest absolute Gasteiger partial charge is 0.146 e. The maximum atomic E-state index is 13.7. The quantitative estimate of drug-likeness (QED) is 0.825. The Kier molecular flexibility index (Phi) is 3.87. The van der Waals surface area contributed by atoms with E-state index in [1.807, 2.05) is 44.2 Å². The molecule has 0 saturated carbocycles. The molecule has 94 valence electrons. The molecule has 0 amide bonds. The second kappa shape index (κ2) is 5.40. The van der Waals surface area contributed by atoms with Gasteiger partial charge in [-0.15, -0.1) is 0 Å². The summed E-state index contributed by atoms with van der Waals surface area (Å²) in [6, 6.07) is 12.6. The van der Waals surface area contributed by atoms with Gasteiger partial charge in [0.05, 0.1) is 5.69 Å². The molecule has 0 aliphatic heterocycles. The predicted octanol–water partition coefficient (Wildman–Crippen LogP) is 4.96. The Labute approximate surface area is 112 Å². The summed E-state index contributed by atoms with van der Waals surface area (Å²) in [6.07, 6.45) is 0. The van der Waals surface area contributed by atoms with Gasteiger partial charge in [-0.2, -0.15) is 0 Å². The first-order chi connectivity index (χ1) is 8.58. The Bertz CT molecular complexity index is 516. The molecular formula is C15H15ClFN. The van der Waals surface area contributed by atoms with E-state index in [1.54, 1.807) is 6.07 Å². The summed E-state index contributed by atoms with van der Waals surface area (Å²) >= 11 is 5.85. The van der Waals surface area contributed by atoms with Crippen molar-refractivity contribution < 1.29 is 4.39 Å². The molecule has 0 fully saturated rings. The Morgan fingerprint density at radius 3 is 2.39 bits per heavy atom. The number of hydrogen-bond donors (Lipinski definition) is 1. The summed E-state index contributed by atoms with van der Waals surface area (Å²) in [6.45, 7) is 3.88. The fourth-order valence-electron chi connectivity index (χ4n) is 1.87. The van der Waals surface area contributed by atoms with E-state index in [1.165, 1.54) is 6.07 Å². The van der Waals surface area contributed by atoms with Gasteiger partial charge in [0.25, 0.3) is 0 Å². The highest BCUT2D eigenvalue weighted by atomic mass is 35.5. The number of benzene rings is 2. The van der Waals surface area contributed by atoms with Crippen molar-refractivity contribution >= 4 is 17.3 Å². The fourth-order valence-corrected chi connectivity index (χ4v) is 1.99. The number of aryl methyl sites for hydroxylation is 1. The largest absolute Gasteiger partial charge is 0.376 e. The number of hydrogen-bond acceptors (Lipinski definition) is 1. The third-order valence-corrected chi connectivity index (χ3v) is 3.20. The molecule has 2 rings (SSSR count). The van der Waals surface area contributed by atoms with Crippen LogP contribution in [0.15, 0.2) is 42.5 Å². The summed E-state index contributed by atoms with van der Waals surface area (Å²) in [4.78, 5) is 0. The first-order valence-electron chi connectivity index (χ1n) is 5.85. The van der Waals surface area contributed by atoms with E-state index in [9.17, 15) is 4.39 Å². The molecule has 0 saturated heterocycles. The van der Waals surface area contributed by atoms with Gasteiger partial charge in [-0.3, -0.25) is 0 Å². The van der Waals surface area contributed by atoms with Crippen LogP contribution in [0.4, 0.5) is 10.1 Å². The van der Waals surface area contributed by atoms with Gasteiger partial charge in [-0.25, -0.2) is 4.39 Å². The molecule has 1 unspecified atom stereocenters. The first-order valence-corrected chi connectivity index (χ1v) is 6.23. The molecule has 0 aliphatic rings. The van der Waals surface area contributed by atoms with Gasteiger partial charge >= 0.3 is 0 Å². The lowest BCUT2D eigenvalue weighted by Crippen LogP contribution is -2.09. The van der Waals surface area contributed by atoms with Crippen LogP contribution in [-0.4, -0.2) is 0 Å². The molecule has 0 aliphatic carbocycles. The highest BCUT2D eigenvalue weighted by Gasteiger charge is 2.10. The van der Waals surface area contributed by atoms with Crippen molar-refractivity contribution in [3.8, 4) is 0 Å². The Morgan fingerprint density at radius 1 is 1.11 bits per heavy atom. The number of anilines is 1. The topological polar surface area (TPSA) is 12.0 Å². The standard InChI is InChI=1S/C15H15ClFN/c1-10-4-3-5-14(17)15(10)18-11(2)12-6-8-13(16)9-7-12/h3-9,11,18H,1-2H3. The molecule has 3 heteroatoms. The van der Waals surface area contributed by atoms with Gasteiger partial charge in [-0.1, -0.05) is 35.9 Å². The average Bonchev–Trinajstić information content (AvgIpc) is 2.34. The van der Waals surface area contributed by atoms with Gasteiger partial charge in [0, 0.05) is 11.1 Å². The van der Waals surface area contributed by atoms with Crippen molar-refractivity contribution in [1.29, 1.82) is 0 Å². The number of nitrogens with one attached hydrogen (secondary N) is 1. The van der Waals surface area contributed by atoms with Crippen LogP contribution in [0.25, 0.3) is 0 Å². The molecule has 1 N–H and O–H groups in total. The van der Waals surface area contributed by atoms with Gasteiger partial charge in [0.2, 0.25) is 0 Å². The molecule has 2 aromatic rings. The molecule has 0 aromatic heterocycles. The van der Waals surface area contributed by atoms with Crippen molar-refractivity contribution in [3.05, 3.63) is 64.4 Å². The van der Waals surface area contributed by atoms with E-state index in [-0.39, 0.29) is 11.9 Å². The third-order valence-electron chi connectivity index (χ3n) is 2.95. The Balaban J connectivity index is 2.21. The molecule has 18 heavy (non-hydrogen) atoms. The van der Waals surface area contributed by atoms with Gasteiger partial charge in [-0.05, 0) is 43.2 Å². The SMILES string of the molecule is Cc1cccc(F)c1NC(C)c1ccc(Cl)cc1. The monoisotopic (exact) mass is 263 g/mol. The van der Waals surface area contributed by atoms with Crippen molar-refractivity contribution in [1.82, 2.24) is 0 Å². The summed E-state index contributed by atoms with van der Waals surface area (Å²) in [5, 5.41) is 3.90. The molecule has 0 bridgehead atoms. The molecular weight excluding hydrogens is 249 g/mol. The minimum atomic E-state index is -0.226. The zero-order valence-corrected chi connectivity index (χ0v) is 11.1. The van der Waals surface area contributed by atoms with E-state index in [0.29, 0.717) is 10.7 Å². The molecule has 0 heterocycles. The molecule has 1 atom stereocenters. The highest BCUT2D eigenvalue weighted by molar-refractivity contribution is 6.30. The van der Waals surface area contributed by atoms with Gasteiger partial charge in [0.15, 0.2) is 0 Å². The zero-order chi connectivity index (χ0) is 13.1. The summed E-state index contributed by atoms with van der Waals surface area (Å²) < 4.78 is 13.7. The average molecular weight is 264 g/mol. The fraction of sp³-hybridized carbons (Fsp3) is 0.200. The molecule has 0 spiro atoms. The maximum Gasteiger partial charge on any atom is 0.146 e. The third kappa shape index (κ3) is 2.82. The zero-order valence-electron chi connectivity index (χ0n) is 10.4. The molecule has 1 nitrogen and oxygen atoms in total. The van der Waals surface area contributed by atoms with Crippen LogP contribution in [0.2, 0.25) is 5.02 Å². The van der Waals surface area contributed by atoms with Crippen molar-refractivity contribution in [3.63, 3.8) is 0 Å². The number of halogens is 2. The van der Waals surface area contributed by atoms with Crippen molar-refractivity contribution in [2.75, 3.05) is 5.32 Å². The van der Waals surface area contributed by atoms with Gasteiger partial charge in [0.1, 0.15) is 5.82 Å². The van der Waals surface area contributed by atoms with Crippen molar-refractivity contribution in [2.24, 2.45) is 0 Å². The predicted molar refractivity (Wildman–Crippen MR) is 74.6 cm³/mol. The van der Waals surface area contributed by atoms with Gasteiger partial charge < -0.3 is 5.32 Å². The summed E-state index contributed by atoms with van der Waals surface area (Å²) in [5.74, 6) is -0.226. The highest BCUT2D eigenvalue weighted by Crippen LogP contribution is 2.25. The minimum Gasteiger partial charge on any atom is -0.376 e. The lowest BCUT2D eigenvalue weighted by molar-refractivity contribution is 0.626. The summed E-state index contributed by atoms with van der Waals surface area (Å²) in [7, 11) is 0. The van der Waals surface area contributed by atoms with Crippen LogP contribution < -0.4 is 5.32 Å². The van der Waals surface area contributed by atoms with Crippen LogP contribution in [0.1, 0.15) is 24.1 Å². The minimum absolute atomic E-state index is 0.0258. The molecule has 2 aromatic carbocycles. The van der Waals surface area contributed by atoms with Crippen LogP contribution >= 0.6 is 11.6 Å². The van der Waals surface area contributed by atoms with Crippen molar-refractivity contribution in [2.45, 2.75) is 19.9 Å². The normalized spacial score (nSPS) is 12.2. The second-order valence-corrected chi connectivity index (χ2v) is 4.79. The lowest BCUT2D eigenvalue weighted by atomic mass is 10.1. The second-order valence-electron chi connectivity index (χ2n) is 4.35. The lowest BCUT2D eigenvalue weighted by Gasteiger charge is -2.18. The van der Waals surface area contributed by atoms with E-state index < -0.39 is 0 Å². The van der Waals surface area contributed by atoms with E-state index in [4.69, 9.17) is 11.6 Å². The maximum absolute atomic E-state index is 13.7. The van der Waals surface area contributed by atoms with E-state index in [0.717, 1.165) is 11.1 Å². The Morgan fingerprint density at radius 2 is 1.78 bits per heavy atom. The van der Waals surface area contributed by atoms with Crippen LogP contribution in [0.5, 0.6) is 0 Å². The van der Waals surface area contributed by atoms with E-state index in [2.05, 4.69) is 5.32 Å². The summed E-state index contributed by atoms with van der Waals surface area (Å²) in [5.41, 5.74) is 2.53.